The lowest BCUT2D eigenvalue weighted by Crippen LogP contribution is -2.39. The van der Waals surface area contributed by atoms with Gasteiger partial charge >= 0.3 is 5.69 Å². The van der Waals surface area contributed by atoms with Crippen molar-refractivity contribution in [1.82, 2.24) is 33.5 Å². The minimum atomic E-state index is -0.378. The molecule has 9 nitrogen and oxygen atoms in total. The predicted octanol–water partition coefficient (Wildman–Crippen LogP) is 2.36. The van der Waals surface area contributed by atoms with Gasteiger partial charge in [-0.3, -0.25) is 18.3 Å². The van der Waals surface area contributed by atoms with Gasteiger partial charge in [0.15, 0.2) is 5.65 Å². The molecule has 0 saturated heterocycles. The van der Waals surface area contributed by atoms with Crippen molar-refractivity contribution in [2.24, 2.45) is 7.05 Å². The van der Waals surface area contributed by atoms with Crippen LogP contribution in [0.15, 0.2) is 39.3 Å². The Hall–Kier alpha value is -3.01. The smallest absolute Gasteiger partial charge is 0.291 e. The number of aryl methyl sites for hydroxylation is 1. The van der Waals surface area contributed by atoms with E-state index in [4.69, 9.17) is 0 Å². The molecule has 0 atom stereocenters. The number of hydrogen-bond donors (Lipinski definition) is 0. The molecule has 0 fully saturated rings. The minimum Gasteiger partial charge on any atom is -0.291 e. The fourth-order valence-electron chi connectivity index (χ4n) is 3.23. The van der Waals surface area contributed by atoms with Gasteiger partial charge in [0.2, 0.25) is 5.78 Å². The summed E-state index contributed by atoms with van der Waals surface area (Å²) in [7, 11) is 1.49. The Morgan fingerprint density at radius 3 is 2.67 bits per heavy atom. The monoisotopic (exact) mass is 425 g/mol. The highest BCUT2D eigenvalue weighted by Gasteiger charge is 2.20. The molecule has 30 heavy (non-hydrogen) atoms. The van der Waals surface area contributed by atoms with Crippen molar-refractivity contribution < 1.29 is 0 Å². The van der Waals surface area contributed by atoms with Crippen molar-refractivity contribution in [2.75, 3.05) is 0 Å². The van der Waals surface area contributed by atoms with E-state index < -0.39 is 0 Å². The second-order valence-corrected chi connectivity index (χ2v) is 8.35. The molecule has 0 unspecified atom stereocenters. The molecule has 0 aromatic carbocycles. The fraction of sp³-hybridized carbons (Fsp3) is 0.400. The quantitative estimate of drug-likeness (QED) is 0.345. The van der Waals surface area contributed by atoms with Crippen molar-refractivity contribution in [2.45, 2.75) is 50.4 Å². The summed E-state index contributed by atoms with van der Waals surface area (Å²) in [6.45, 7) is 6.46. The Bertz CT molecular complexity index is 1320. The molecule has 0 aliphatic carbocycles. The summed E-state index contributed by atoms with van der Waals surface area (Å²) in [6, 6.07) is 1.84. The third-order valence-corrected chi connectivity index (χ3v) is 5.78. The first-order valence-corrected chi connectivity index (χ1v) is 10.8. The summed E-state index contributed by atoms with van der Waals surface area (Å²) >= 11 is 1.42. The van der Waals surface area contributed by atoms with Crippen LogP contribution in [0.25, 0.3) is 16.8 Å². The largest absolute Gasteiger partial charge is 0.332 e. The van der Waals surface area contributed by atoms with Crippen molar-refractivity contribution in [3.63, 3.8) is 0 Å². The molecule has 0 amide bonds. The van der Waals surface area contributed by atoms with Crippen molar-refractivity contribution in [1.29, 1.82) is 0 Å². The molecular weight excluding hydrogens is 402 g/mol. The molecule has 0 spiro atoms. The molecule has 4 rings (SSSR count). The van der Waals surface area contributed by atoms with Gasteiger partial charge in [0.1, 0.15) is 16.2 Å². The lowest BCUT2D eigenvalue weighted by atomic mass is 10.2. The first kappa shape index (κ1) is 20.3. The molecule has 0 N–H and O–H groups in total. The highest BCUT2D eigenvalue weighted by atomic mass is 32.2. The molecule has 4 aromatic heterocycles. The van der Waals surface area contributed by atoms with E-state index in [9.17, 15) is 9.59 Å². The fourth-order valence-corrected chi connectivity index (χ4v) is 4.14. The van der Waals surface area contributed by atoms with Gasteiger partial charge in [0.05, 0.1) is 5.69 Å². The van der Waals surface area contributed by atoms with Crippen LogP contribution in [-0.2, 0) is 19.3 Å². The number of hydrogen-bond acceptors (Lipinski definition) is 7. The topological polar surface area (TPSA) is 100.0 Å². The summed E-state index contributed by atoms with van der Waals surface area (Å²) in [5, 5.41) is 0.945. The maximum atomic E-state index is 13.0. The molecule has 0 saturated carbocycles. The molecule has 0 aliphatic heterocycles. The van der Waals surface area contributed by atoms with Gasteiger partial charge in [0, 0.05) is 43.9 Å². The molecule has 0 aliphatic rings. The van der Waals surface area contributed by atoms with E-state index in [0.717, 1.165) is 16.7 Å². The lowest BCUT2D eigenvalue weighted by Gasteiger charge is -2.14. The van der Waals surface area contributed by atoms with E-state index in [1.54, 1.807) is 10.8 Å². The molecule has 156 valence electrons. The van der Waals surface area contributed by atoms with Crippen LogP contribution in [0.3, 0.4) is 0 Å². The zero-order chi connectivity index (χ0) is 21.4. The molecule has 4 heterocycles. The number of imidazole rings is 1. The first-order valence-electron chi connectivity index (χ1n) is 9.83. The van der Waals surface area contributed by atoms with Crippen molar-refractivity contribution in [3.05, 3.63) is 57.0 Å². The number of fused-ring (bicyclic) bond motifs is 2. The molecule has 0 bridgehead atoms. The third kappa shape index (κ3) is 3.51. The van der Waals surface area contributed by atoms with E-state index in [1.807, 2.05) is 43.6 Å². The van der Waals surface area contributed by atoms with E-state index in [0.29, 0.717) is 40.0 Å². The third-order valence-electron chi connectivity index (χ3n) is 4.77. The summed E-state index contributed by atoms with van der Waals surface area (Å²) in [6.07, 6.45) is 6.25. The van der Waals surface area contributed by atoms with Crippen LogP contribution in [0.5, 0.6) is 0 Å². The average Bonchev–Trinajstić information content (AvgIpc) is 3.16. The highest BCUT2D eigenvalue weighted by Crippen LogP contribution is 2.27. The average molecular weight is 426 g/mol. The van der Waals surface area contributed by atoms with Crippen LogP contribution in [0.1, 0.15) is 44.6 Å². The van der Waals surface area contributed by atoms with Crippen LogP contribution in [0.2, 0.25) is 0 Å². The van der Waals surface area contributed by atoms with Gasteiger partial charge < -0.3 is 0 Å². The van der Waals surface area contributed by atoms with Crippen molar-refractivity contribution >= 4 is 28.6 Å². The zero-order valence-electron chi connectivity index (χ0n) is 17.4. The normalized spacial score (nSPS) is 11.8. The first-order chi connectivity index (χ1) is 14.4. The minimum absolute atomic E-state index is 0.0578. The maximum Gasteiger partial charge on any atom is 0.332 e. The standard InChI is InChI=1S/C20H23N7O2S/c1-5-8-27-16-14(18(28)25(4)20(27)29)17(24-15(23-16)12(2)3)30-11-13-10-26-9-6-7-21-19(26)22-13/h6-7,9-10,12H,5,8,11H2,1-4H3. The summed E-state index contributed by atoms with van der Waals surface area (Å²) in [4.78, 5) is 43.7. The van der Waals surface area contributed by atoms with E-state index >= 15 is 0 Å². The number of nitrogens with zero attached hydrogens (tertiary/aromatic N) is 7. The van der Waals surface area contributed by atoms with E-state index in [-0.39, 0.29) is 17.2 Å². The number of thioether (sulfide) groups is 1. The maximum absolute atomic E-state index is 13.0. The number of rotatable bonds is 6. The van der Waals surface area contributed by atoms with E-state index in [1.165, 1.54) is 18.8 Å². The Balaban J connectivity index is 1.86. The molecular formula is C20H23N7O2S. The second-order valence-electron chi connectivity index (χ2n) is 7.39. The zero-order valence-corrected chi connectivity index (χ0v) is 18.2. The highest BCUT2D eigenvalue weighted by molar-refractivity contribution is 7.98. The Labute approximate surface area is 176 Å². The predicted molar refractivity (Wildman–Crippen MR) is 116 cm³/mol. The lowest BCUT2D eigenvalue weighted by molar-refractivity contribution is 0.603. The van der Waals surface area contributed by atoms with Crippen LogP contribution in [-0.4, -0.2) is 33.5 Å². The van der Waals surface area contributed by atoms with Gasteiger partial charge in [0.25, 0.3) is 5.56 Å². The number of aromatic nitrogens is 7. The summed E-state index contributed by atoms with van der Waals surface area (Å²) in [5.74, 6) is 1.81. The van der Waals surface area contributed by atoms with Crippen LogP contribution in [0.4, 0.5) is 0 Å². The Morgan fingerprint density at radius 1 is 1.17 bits per heavy atom. The summed E-state index contributed by atoms with van der Waals surface area (Å²) in [5.41, 5.74) is 0.500. The van der Waals surface area contributed by atoms with Crippen molar-refractivity contribution in [3.8, 4) is 0 Å². The SMILES string of the molecule is CCCn1c(=O)n(C)c(=O)c2c(SCc3cn4cccnc4n3)nc(C(C)C)nc21. The van der Waals surface area contributed by atoms with Gasteiger partial charge in [-0.15, -0.1) is 0 Å². The molecule has 10 heteroatoms. The van der Waals surface area contributed by atoms with Gasteiger partial charge in [-0.2, -0.15) is 0 Å². The molecule has 4 aromatic rings. The Morgan fingerprint density at radius 2 is 1.97 bits per heavy atom. The van der Waals surface area contributed by atoms with Crippen LogP contribution in [0, 0.1) is 0 Å². The second kappa shape index (κ2) is 8.02. The van der Waals surface area contributed by atoms with E-state index in [2.05, 4.69) is 19.9 Å². The molecule has 0 radical (unpaired) electrons. The van der Waals surface area contributed by atoms with Crippen LogP contribution >= 0.6 is 11.8 Å². The van der Waals surface area contributed by atoms with Gasteiger partial charge in [-0.1, -0.05) is 32.5 Å². The van der Waals surface area contributed by atoms with Gasteiger partial charge in [-0.25, -0.2) is 24.7 Å². The van der Waals surface area contributed by atoms with Gasteiger partial charge in [-0.05, 0) is 12.5 Å². The summed E-state index contributed by atoms with van der Waals surface area (Å²) < 4.78 is 4.56. The van der Waals surface area contributed by atoms with Crippen LogP contribution < -0.4 is 11.2 Å². The Kier molecular flexibility index (Phi) is 5.42.